The molecule has 5 aromatic rings. The fraction of sp³-hybridized carbons (Fsp3) is 0.200. The molecule has 4 heterocycles. The van der Waals surface area contributed by atoms with Crippen LogP contribution in [0.25, 0.3) is 27.3 Å². The Morgan fingerprint density at radius 2 is 2.00 bits per heavy atom. The molecule has 4 aromatic heterocycles. The predicted molar refractivity (Wildman–Crippen MR) is 115 cm³/mol. The van der Waals surface area contributed by atoms with Crippen LogP contribution < -0.4 is 0 Å². The van der Waals surface area contributed by atoms with Gasteiger partial charge in [0.2, 0.25) is 0 Å². The molecule has 0 saturated carbocycles. The lowest BCUT2D eigenvalue weighted by molar-refractivity contribution is 0.686. The van der Waals surface area contributed by atoms with Gasteiger partial charge in [-0.25, -0.2) is 14.5 Å². The topological polar surface area (TPSA) is 60.9 Å². The highest BCUT2D eigenvalue weighted by Crippen LogP contribution is 2.32. The predicted octanol–water partition coefficient (Wildman–Crippen LogP) is 4.88. The standard InChI is InChI=1S/C20H17BrN6S/c1-3-16-12(2)28-20-17(16)19-24-18(25-27(19)11-22-20)14-6-4-13(5-7-14)9-26-10-15(21)8-23-26/h4-8,10-11H,3,9H2,1-2H3. The lowest BCUT2D eigenvalue weighted by Gasteiger charge is -2.02. The Labute approximate surface area is 174 Å². The molecule has 0 aliphatic heterocycles. The number of aryl methyl sites for hydroxylation is 2. The first-order chi connectivity index (χ1) is 13.6. The van der Waals surface area contributed by atoms with E-state index in [0.717, 1.165) is 38.9 Å². The highest BCUT2D eigenvalue weighted by molar-refractivity contribution is 9.10. The third-order valence-electron chi connectivity index (χ3n) is 4.84. The number of nitrogens with zero attached hydrogens (tertiary/aromatic N) is 6. The summed E-state index contributed by atoms with van der Waals surface area (Å²) in [5.41, 5.74) is 4.37. The van der Waals surface area contributed by atoms with Crippen molar-refractivity contribution in [2.75, 3.05) is 0 Å². The number of hydrogen-bond acceptors (Lipinski definition) is 5. The summed E-state index contributed by atoms with van der Waals surface area (Å²) in [7, 11) is 0. The van der Waals surface area contributed by atoms with Crippen molar-refractivity contribution in [2.45, 2.75) is 26.8 Å². The highest BCUT2D eigenvalue weighted by atomic mass is 79.9. The van der Waals surface area contributed by atoms with Gasteiger partial charge in [0.15, 0.2) is 11.5 Å². The quantitative estimate of drug-likeness (QED) is 0.389. The molecule has 5 rings (SSSR count). The molecule has 8 heteroatoms. The molecule has 140 valence electrons. The van der Waals surface area contributed by atoms with Crippen molar-refractivity contribution in [3.05, 3.63) is 63.5 Å². The van der Waals surface area contributed by atoms with Crippen LogP contribution in [0, 0.1) is 6.92 Å². The molecule has 28 heavy (non-hydrogen) atoms. The highest BCUT2D eigenvalue weighted by Gasteiger charge is 2.16. The van der Waals surface area contributed by atoms with Crippen LogP contribution in [0.5, 0.6) is 0 Å². The van der Waals surface area contributed by atoms with Gasteiger partial charge in [0.1, 0.15) is 11.2 Å². The van der Waals surface area contributed by atoms with Crippen molar-refractivity contribution in [3.8, 4) is 11.4 Å². The summed E-state index contributed by atoms with van der Waals surface area (Å²) < 4.78 is 4.67. The first-order valence-corrected chi connectivity index (χ1v) is 10.6. The van der Waals surface area contributed by atoms with Crippen LogP contribution >= 0.6 is 27.3 Å². The van der Waals surface area contributed by atoms with Crippen molar-refractivity contribution in [1.82, 2.24) is 29.4 Å². The Bertz CT molecular complexity index is 1300. The summed E-state index contributed by atoms with van der Waals surface area (Å²) in [4.78, 5) is 11.8. The molecule has 0 unspecified atom stereocenters. The first-order valence-electron chi connectivity index (χ1n) is 9.03. The average molecular weight is 453 g/mol. The first kappa shape index (κ1) is 17.5. The number of fused-ring (bicyclic) bond motifs is 3. The van der Waals surface area contributed by atoms with Gasteiger partial charge >= 0.3 is 0 Å². The van der Waals surface area contributed by atoms with Gasteiger partial charge in [-0.15, -0.1) is 16.4 Å². The van der Waals surface area contributed by atoms with Gasteiger partial charge in [0.05, 0.1) is 22.6 Å². The van der Waals surface area contributed by atoms with Crippen LogP contribution in [0.3, 0.4) is 0 Å². The van der Waals surface area contributed by atoms with Gasteiger partial charge in [-0.3, -0.25) is 4.68 Å². The monoisotopic (exact) mass is 452 g/mol. The molecule has 0 spiro atoms. The minimum Gasteiger partial charge on any atom is -0.267 e. The Morgan fingerprint density at radius 1 is 1.18 bits per heavy atom. The lowest BCUT2D eigenvalue weighted by atomic mass is 10.1. The summed E-state index contributed by atoms with van der Waals surface area (Å²) in [6.07, 6.45) is 6.48. The molecule has 0 aliphatic carbocycles. The van der Waals surface area contributed by atoms with Crippen molar-refractivity contribution in [1.29, 1.82) is 0 Å². The molecule has 0 aliphatic rings. The number of benzene rings is 1. The summed E-state index contributed by atoms with van der Waals surface area (Å²) >= 11 is 5.15. The van der Waals surface area contributed by atoms with Crippen molar-refractivity contribution >= 4 is 43.1 Å². The van der Waals surface area contributed by atoms with Gasteiger partial charge in [-0.1, -0.05) is 31.2 Å². The summed E-state index contributed by atoms with van der Waals surface area (Å²) in [5.74, 6) is 0.716. The van der Waals surface area contributed by atoms with Crippen LogP contribution in [0.1, 0.15) is 22.9 Å². The SMILES string of the molecule is CCc1c(C)sc2ncn3nc(-c4ccc(Cn5cc(Br)cn5)cc4)nc3c12. The van der Waals surface area contributed by atoms with E-state index in [1.807, 2.05) is 10.9 Å². The molecule has 0 radical (unpaired) electrons. The van der Waals surface area contributed by atoms with Gasteiger partial charge < -0.3 is 0 Å². The zero-order chi connectivity index (χ0) is 19.3. The van der Waals surface area contributed by atoms with E-state index < -0.39 is 0 Å². The maximum absolute atomic E-state index is 4.84. The van der Waals surface area contributed by atoms with E-state index in [9.17, 15) is 0 Å². The van der Waals surface area contributed by atoms with Gasteiger partial charge in [-0.05, 0) is 40.4 Å². The average Bonchev–Trinajstić information content (AvgIpc) is 3.38. The zero-order valence-corrected chi connectivity index (χ0v) is 17.8. The van der Waals surface area contributed by atoms with Gasteiger partial charge in [0.25, 0.3) is 0 Å². The van der Waals surface area contributed by atoms with E-state index in [1.165, 1.54) is 16.0 Å². The molecule has 0 bridgehead atoms. The molecule has 0 fully saturated rings. The lowest BCUT2D eigenvalue weighted by Crippen LogP contribution is -1.99. The Morgan fingerprint density at radius 3 is 2.71 bits per heavy atom. The number of halogens is 1. The zero-order valence-electron chi connectivity index (χ0n) is 15.4. The third-order valence-corrected chi connectivity index (χ3v) is 6.31. The molecule has 0 N–H and O–H groups in total. The Kier molecular flexibility index (Phi) is 4.25. The van der Waals surface area contributed by atoms with Crippen LogP contribution in [0.4, 0.5) is 0 Å². The summed E-state index contributed by atoms with van der Waals surface area (Å²) in [6, 6.07) is 8.31. The third kappa shape index (κ3) is 2.93. The molecule has 0 atom stereocenters. The smallest absolute Gasteiger partial charge is 0.182 e. The van der Waals surface area contributed by atoms with Crippen molar-refractivity contribution in [2.24, 2.45) is 0 Å². The van der Waals surface area contributed by atoms with E-state index >= 15 is 0 Å². The molecule has 0 amide bonds. The van der Waals surface area contributed by atoms with E-state index in [4.69, 9.17) is 4.98 Å². The molecule has 0 saturated heterocycles. The number of rotatable bonds is 4. The van der Waals surface area contributed by atoms with Crippen LogP contribution in [-0.2, 0) is 13.0 Å². The van der Waals surface area contributed by atoms with E-state index in [-0.39, 0.29) is 0 Å². The van der Waals surface area contributed by atoms with Crippen LogP contribution in [0.15, 0.2) is 47.5 Å². The Hall–Kier alpha value is -2.58. The van der Waals surface area contributed by atoms with Crippen LogP contribution in [-0.4, -0.2) is 29.4 Å². The van der Waals surface area contributed by atoms with Gasteiger partial charge in [-0.2, -0.15) is 5.10 Å². The molecular formula is C20H17BrN6S. The second-order valence-corrected chi connectivity index (χ2v) is 8.79. The normalized spacial score (nSPS) is 11.7. The minimum absolute atomic E-state index is 0.716. The fourth-order valence-corrected chi connectivity index (χ4v) is 4.89. The van der Waals surface area contributed by atoms with Crippen molar-refractivity contribution < 1.29 is 0 Å². The largest absolute Gasteiger partial charge is 0.267 e. The Balaban J connectivity index is 1.53. The molecular weight excluding hydrogens is 436 g/mol. The number of thiophene rings is 1. The fourth-order valence-electron chi connectivity index (χ4n) is 3.48. The molecule has 6 nitrogen and oxygen atoms in total. The second kappa shape index (κ2) is 6.79. The minimum atomic E-state index is 0.716. The van der Waals surface area contributed by atoms with E-state index in [1.54, 1.807) is 28.4 Å². The second-order valence-electron chi connectivity index (χ2n) is 6.67. The maximum atomic E-state index is 4.84. The summed E-state index contributed by atoms with van der Waals surface area (Å²) in [5, 5.41) is 10.1. The maximum Gasteiger partial charge on any atom is 0.182 e. The molecule has 1 aromatic carbocycles. The number of hydrogen-bond donors (Lipinski definition) is 0. The van der Waals surface area contributed by atoms with Crippen molar-refractivity contribution in [3.63, 3.8) is 0 Å². The van der Waals surface area contributed by atoms with E-state index in [2.05, 4.69) is 69.2 Å². The van der Waals surface area contributed by atoms with Crippen LogP contribution in [0.2, 0.25) is 0 Å². The van der Waals surface area contributed by atoms with E-state index in [0.29, 0.717) is 5.82 Å². The number of aromatic nitrogens is 6. The van der Waals surface area contributed by atoms with Gasteiger partial charge in [0, 0.05) is 16.6 Å². The summed E-state index contributed by atoms with van der Waals surface area (Å²) in [6.45, 7) is 5.05.